The monoisotopic (exact) mass is 1130 g/mol. The van der Waals surface area contributed by atoms with Gasteiger partial charge < -0.3 is 24.4 Å². The van der Waals surface area contributed by atoms with Gasteiger partial charge in [-0.05, 0) is 167 Å². The van der Waals surface area contributed by atoms with Crippen molar-refractivity contribution in [1.82, 2.24) is 15.1 Å². The molecule has 6 aromatic carbocycles. The molecule has 7 nitrogen and oxygen atoms in total. The van der Waals surface area contributed by atoms with Crippen molar-refractivity contribution in [3.8, 4) is 17.2 Å². The first-order chi connectivity index (χ1) is 37.1. The van der Waals surface area contributed by atoms with Crippen molar-refractivity contribution in [2.24, 2.45) is 0 Å². The Balaban J connectivity index is 0.000000142. The minimum atomic E-state index is -0.739. The molecule has 0 bridgehead atoms. The fourth-order valence-corrected chi connectivity index (χ4v) is 13.9. The maximum absolute atomic E-state index is 15.0. The fraction of sp³-hybridized carbons (Fsp3) is 0.403. The lowest BCUT2D eigenvalue weighted by Gasteiger charge is -2.53. The van der Waals surface area contributed by atoms with Crippen LogP contribution in [0.4, 0.5) is 26.3 Å². The molecule has 1 amide bonds. The van der Waals surface area contributed by atoms with E-state index in [9.17, 15) is 31.1 Å². The van der Waals surface area contributed by atoms with Crippen LogP contribution in [0.2, 0.25) is 15.1 Å². The smallest absolute Gasteiger partial charge is 0.219 e. The highest BCUT2D eigenvalue weighted by molar-refractivity contribution is 6.31. The zero-order valence-electron chi connectivity index (χ0n) is 42.9. The van der Waals surface area contributed by atoms with Crippen LogP contribution in [0.1, 0.15) is 93.2 Å². The third-order valence-electron chi connectivity index (χ3n) is 17.0. The van der Waals surface area contributed by atoms with Gasteiger partial charge in [-0.2, -0.15) is 0 Å². The predicted molar refractivity (Wildman–Crippen MR) is 294 cm³/mol. The summed E-state index contributed by atoms with van der Waals surface area (Å²) in [6, 6.07) is 29.2. The molecular weight excluding hydrogens is 1070 g/mol. The number of hydrogen-bond acceptors (Lipinski definition) is 6. The number of amides is 1. The molecule has 1 N–H and O–H groups in total. The van der Waals surface area contributed by atoms with Crippen molar-refractivity contribution in [2.45, 2.75) is 113 Å². The topological polar surface area (TPSA) is 63.3 Å². The van der Waals surface area contributed by atoms with Crippen molar-refractivity contribution >= 4 is 40.7 Å². The van der Waals surface area contributed by atoms with E-state index < -0.39 is 45.3 Å². The van der Waals surface area contributed by atoms with Crippen LogP contribution in [-0.2, 0) is 40.3 Å². The molecule has 0 spiro atoms. The number of hydrogen-bond donors (Lipinski definition) is 1. The number of likely N-dealkylation sites (tertiary alicyclic amines) is 2. The van der Waals surface area contributed by atoms with Gasteiger partial charge >= 0.3 is 0 Å². The zero-order valence-corrected chi connectivity index (χ0v) is 45.1. The average Bonchev–Trinajstić information content (AvgIpc) is 3.61. The third-order valence-corrected chi connectivity index (χ3v) is 17.7. The first-order valence-corrected chi connectivity index (χ1v) is 27.5. The molecule has 16 heteroatoms. The molecule has 414 valence electrons. The molecule has 0 saturated carbocycles. The first-order valence-electron chi connectivity index (χ1n) is 26.4. The van der Waals surface area contributed by atoms with Crippen molar-refractivity contribution in [3.05, 3.63) is 193 Å². The van der Waals surface area contributed by atoms with Crippen LogP contribution in [-0.4, -0.2) is 79.8 Å². The summed E-state index contributed by atoms with van der Waals surface area (Å²) in [5.41, 5.74) is 2.39. The third kappa shape index (κ3) is 10.8. The summed E-state index contributed by atoms with van der Waals surface area (Å²) >= 11 is 18.0. The molecule has 0 aromatic heterocycles. The molecule has 0 aliphatic carbocycles. The van der Waals surface area contributed by atoms with E-state index >= 15 is 0 Å². The minimum absolute atomic E-state index is 0. The molecule has 78 heavy (non-hydrogen) atoms. The van der Waals surface area contributed by atoms with E-state index in [1.807, 2.05) is 60.7 Å². The van der Waals surface area contributed by atoms with Gasteiger partial charge in [0.25, 0.3) is 0 Å². The molecule has 12 rings (SSSR count). The van der Waals surface area contributed by atoms with Gasteiger partial charge in [0.1, 0.15) is 37.3 Å². The van der Waals surface area contributed by atoms with Crippen molar-refractivity contribution in [3.63, 3.8) is 0 Å². The Bertz CT molecular complexity index is 3120. The molecule has 3 saturated heterocycles. The second-order valence-electron chi connectivity index (χ2n) is 21.2. The van der Waals surface area contributed by atoms with Gasteiger partial charge in [0, 0.05) is 61.5 Å². The largest absolute Gasteiger partial charge is 0.488 e. The number of nitrogens with one attached hydrogen (secondary N) is 1. The summed E-state index contributed by atoms with van der Waals surface area (Å²) in [5.74, 6) is -2.75. The van der Waals surface area contributed by atoms with Crippen molar-refractivity contribution in [2.75, 3.05) is 46.0 Å². The molecule has 6 aromatic rings. The summed E-state index contributed by atoms with van der Waals surface area (Å²) in [4.78, 5) is 16.3. The van der Waals surface area contributed by atoms with E-state index in [0.29, 0.717) is 71.6 Å². The van der Waals surface area contributed by atoms with Gasteiger partial charge in [-0.25, -0.2) is 26.3 Å². The van der Waals surface area contributed by atoms with E-state index in [-0.39, 0.29) is 66.7 Å². The second-order valence-corrected chi connectivity index (χ2v) is 22.5. The number of nitrogens with zero attached hydrogens (tertiary/aromatic N) is 2. The molecule has 0 radical (unpaired) electrons. The van der Waals surface area contributed by atoms with Gasteiger partial charge in [0.15, 0.2) is 34.7 Å². The number of carbonyl (C=O) groups is 1. The molecule has 6 atom stereocenters. The van der Waals surface area contributed by atoms with E-state index in [4.69, 9.17) is 49.0 Å². The molecule has 6 aliphatic rings. The molecular formula is C62H64Cl3F6N3O4. The molecule has 0 unspecified atom stereocenters. The van der Waals surface area contributed by atoms with Crippen molar-refractivity contribution < 1.29 is 45.3 Å². The maximum atomic E-state index is 15.0. The number of carbonyl (C=O) groups excluding carboxylic acids is 1. The Labute approximate surface area is 468 Å². The molecule has 3 fully saturated rings. The number of ether oxygens (including phenoxy) is 3. The molecule has 6 aliphatic heterocycles. The second kappa shape index (κ2) is 23.7. The van der Waals surface area contributed by atoms with Gasteiger partial charge in [0.2, 0.25) is 5.91 Å². The number of fused-ring (bicyclic) bond motifs is 9. The number of likely N-dealkylation sites (N-methyl/N-ethyl adjacent to an activating group) is 1. The van der Waals surface area contributed by atoms with Crippen LogP contribution in [0.15, 0.2) is 109 Å². The average molecular weight is 1140 g/mol. The highest BCUT2D eigenvalue weighted by Gasteiger charge is 2.55. The number of rotatable bonds is 7. The minimum Gasteiger partial charge on any atom is -0.488 e. The highest BCUT2D eigenvalue weighted by Crippen LogP contribution is 2.53. The lowest BCUT2D eigenvalue weighted by atomic mass is 9.63. The highest BCUT2D eigenvalue weighted by atomic mass is 35.5. The normalized spacial score (nSPS) is 24.6. The predicted octanol–water partition coefficient (Wildman–Crippen LogP) is 14.4. The quantitative estimate of drug-likeness (QED) is 0.161. The zero-order chi connectivity index (χ0) is 54.2. The van der Waals surface area contributed by atoms with Crippen LogP contribution >= 0.6 is 34.8 Å². The van der Waals surface area contributed by atoms with Crippen LogP contribution < -0.4 is 19.5 Å². The lowest BCUT2D eigenvalue weighted by molar-refractivity contribution is -0.137. The maximum Gasteiger partial charge on any atom is 0.219 e. The fourth-order valence-electron chi connectivity index (χ4n) is 13.6. The first kappa shape index (κ1) is 57.3. The van der Waals surface area contributed by atoms with E-state index in [2.05, 4.69) is 17.1 Å². The summed E-state index contributed by atoms with van der Waals surface area (Å²) < 4.78 is 105. The lowest BCUT2D eigenvalue weighted by Crippen LogP contribution is -2.62. The van der Waals surface area contributed by atoms with Crippen LogP contribution in [0.25, 0.3) is 0 Å². The van der Waals surface area contributed by atoms with Crippen LogP contribution in [0, 0.1) is 34.9 Å². The Kier molecular flexibility index (Phi) is 17.4. The number of benzene rings is 6. The van der Waals surface area contributed by atoms with Crippen LogP contribution in [0.5, 0.6) is 17.2 Å². The van der Waals surface area contributed by atoms with Crippen molar-refractivity contribution in [1.29, 1.82) is 0 Å². The van der Waals surface area contributed by atoms with E-state index in [1.165, 1.54) is 19.1 Å². The summed E-state index contributed by atoms with van der Waals surface area (Å²) in [6.45, 7) is 7.78. The van der Waals surface area contributed by atoms with Gasteiger partial charge in [-0.3, -0.25) is 9.69 Å². The van der Waals surface area contributed by atoms with E-state index in [1.54, 1.807) is 17.0 Å². The standard InChI is InChI=1S/C21H20ClF2NO2.C21H22ClF2NO.C19H18ClF2NO.CH4/c1-13(26)25-10-2-9-21(11-14-3-5-15(22)6-4-14)18(25)12-27-20-17(24)8-7-16(23)19(20)21;1-2-25-11-3-10-21(12-14-4-6-15(22)7-5-14)18(25)13-26-20-17(24)9-8-16(23)19(20)21;20-13-4-2-12(3-5-13)10-19-8-1-9-23-16(19)11-24-18-15(22)7-6-14(21)17(18)19;/h3-8,18H,2,9-12H2,1H3;4-9,18H,2-3,10-13H2,1H3;2-7,16,23H,1,8-11H2;1H4/t2*18-,21+;16-,19+;/m000./s1. The Morgan fingerprint density at radius 1 is 0.526 bits per heavy atom. The summed E-state index contributed by atoms with van der Waals surface area (Å²) in [6.07, 6.45) is 6.60. The van der Waals surface area contributed by atoms with E-state index in [0.717, 1.165) is 92.7 Å². The van der Waals surface area contributed by atoms with Gasteiger partial charge in [-0.1, -0.05) is 85.6 Å². The SMILES string of the molecule is C.CC(=O)N1CCC[C@]2(Cc3ccc(Cl)cc3)c3c(F)ccc(F)c3OC[C@H]12.CCN1CCC[C@]2(Cc3ccc(Cl)cc3)c3c(F)ccc(F)c3OC[C@H]12.Fc1ccc(F)c2c1OC[C@@H]1NCCC[C@]21Cc1ccc(Cl)cc1. The molecule has 6 heterocycles. The Morgan fingerprint density at radius 2 is 0.897 bits per heavy atom. The number of piperidine rings is 3. The Hall–Kier alpha value is -5.44. The van der Waals surface area contributed by atoms with Gasteiger partial charge in [0.05, 0.1) is 18.1 Å². The Morgan fingerprint density at radius 3 is 1.35 bits per heavy atom. The summed E-state index contributed by atoms with van der Waals surface area (Å²) in [7, 11) is 0. The van der Waals surface area contributed by atoms with Gasteiger partial charge in [-0.15, -0.1) is 0 Å². The number of halogens is 9. The van der Waals surface area contributed by atoms with Crippen LogP contribution in [0.3, 0.4) is 0 Å². The summed E-state index contributed by atoms with van der Waals surface area (Å²) in [5, 5.41) is 5.40.